The van der Waals surface area contributed by atoms with Crippen LogP contribution in [-0.4, -0.2) is 25.2 Å². The van der Waals surface area contributed by atoms with Gasteiger partial charge in [0.25, 0.3) is 0 Å². The molecule has 5 heteroatoms. The van der Waals surface area contributed by atoms with E-state index in [1.54, 1.807) is 6.92 Å². The first-order valence-electron chi connectivity index (χ1n) is 9.42. The fourth-order valence-electron chi connectivity index (χ4n) is 3.41. The number of benzene rings is 2. The summed E-state index contributed by atoms with van der Waals surface area (Å²) in [5.74, 6) is 0.408. The molecule has 27 heavy (non-hydrogen) atoms. The summed E-state index contributed by atoms with van der Waals surface area (Å²) in [6.45, 7) is 3.02. The maximum atomic E-state index is 11.5. The molecule has 0 bridgehead atoms. The third-order valence-corrected chi connectivity index (χ3v) is 4.74. The van der Waals surface area contributed by atoms with Gasteiger partial charge in [0, 0.05) is 12.6 Å². The van der Waals surface area contributed by atoms with Crippen LogP contribution in [-0.2, 0) is 28.9 Å². The van der Waals surface area contributed by atoms with Gasteiger partial charge in [-0.1, -0.05) is 36.4 Å². The number of esters is 1. The quantitative estimate of drug-likeness (QED) is 0.572. The number of hydrogen-bond acceptors (Lipinski definition) is 4. The van der Waals surface area contributed by atoms with Gasteiger partial charge in [0.05, 0.1) is 6.61 Å². The molecule has 0 heterocycles. The molecule has 0 aliphatic heterocycles. The maximum Gasteiger partial charge on any atom is 0.344 e. The Kier molecular flexibility index (Phi) is 8.62. The van der Waals surface area contributed by atoms with Gasteiger partial charge in [-0.3, -0.25) is 0 Å². The lowest BCUT2D eigenvalue weighted by Crippen LogP contribution is -2.30. The smallest absolute Gasteiger partial charge is 0.344 e. The minimum absolute atomic E-state index is 0. The Morgan fingerprint density at radius 1 is 1.15 bits per heavy atom. The largest absolute Gasteiger partial charge is 0.482 e. The van der Waals surface area contributed by atoms with Gasteiger partial charge in [0.15, 0.2) is 6.61 Å². The summed E-state index contributed by atoms with van der Waals surface area (Å²) in [5.41, 5.74) is 4.01. The number of hydrogen-bond donors (Lipinski definition) is 1. The van der Waals surface area contributed by atoms with E-state index in [0.717, 1.165) is 25.1 Å². The molecule has 0 radical (unpaired) electrons. The maximum absolute atomic E-state index is 11.5. The van der Waals surface area contributed by atoms with Crippen molar-refractivity contribution in [1.29, 1.82) is 0 Å². The van der Waals surface area contributed by atoms with Crippen molar-refractivity contribution in [1.82, 2.24) is 5.32 Å². The third kappa shape index (κ3) is 6.56. The molecule has 0 aromatic heterocycles. The number of carbonyl (C=O) groups excluding carboxylic acids is 1. The van der Waals surface area contributed by atoms with Crippen molar-refractivity contribution in [3.05, 3.63) is 65.2 Å². The zero-order valence-electron chi connectivity index (χ0n) is 15.8. The van der Waals surface area contributed by atoms with E-state index in [2.05, 4.69) is 41.7 Å². The molecule has 2 aromatic carbocycles. The first-order valence-corrected chi connectivity index (χ1v) is 9.42. The Morgan fingerprint density at radius 2 is 1.96 bits per heavy atom. The predicted octanol–water partition coefficient (Wildman–Crippen LogP) is 4.09. The minimum Gasteiger partial charge on any atom is -0.482 e. The topological polar surface area (TPSA) is 47.6 Å². The van der Waals surface area contributed by atoms with Gasteiger partial charge in [0.1, 0.15) is 5.75 Å². The molecule has 1 N–H and O–H groups in total. The molecule has 1 aliphatic rings. The van der Waals surface area contributed by atoms with Crippen LogP contribution in [0.3, 0.4) is 0 Å². The van der Waals surface area contributed by atoms with E-state index in [-0.39, 0.29) is 25.0 Å². The van der Waals surface area contributed by atoms with Crippen molar-refractivity contribution in [3.63, 3.8) is 0 Å². The standard InChI is InChI=1S/C22H27NO3.ClH/c1-2-25-22(24)16-26-21-12-11-18-9-6-10-20(13-19(18)14-21)23-15-17-7-4-3-5-8-17;/h3-5,7-8,11-12,14,20,23H,2,6,9-10,13,15-16H2,1H3;1H/t20-;/m1./s1. The van der Waals surface area contributed by atoms with Crippen molar-refractivity contribution in [3.8, 4) is 5.75 Å². The molecule has 0 amide bonds. The zero-order chi connectivity index (χ0) is 18.2. The van der Waals surface area contributed by atoms with Crippen LogP contribution in [0.25, 0.3) is 0 Å². The highest BCUT2D eigenvalue weighted by Gasteiger charge is 2.17. The lowest BCUT2D eigenvalue weighted by atomic mass is 10.0. The lowest BCUT2D eigenvalue weighted by Gasteiger charge is -2.17. The van der Waals surface area contributed by atoms with E-state index in [0.29, 0.717) is 12.6 Å². The first kappa shape index (κ1) is 21.3. The van der Waals surface area contributed by atoms with E-state index in [1.807, 2.05) is 12.1 Å². The van der Waals surface area contributed by atoms with Gasteiger partial charge in [-0.25, -0.2) is 4.79 Å². The fraction of sp³-hybridized carbons (Fsp3) is 0.409. The second kappa shape index (κ2) is 11.0. The molecule has 146 valence electrons. The van der Waals surface area contributed by atoms with Crippen LogP contribution in [0, 0.1) is 0 Å². The van der Waals surface area contributed by atoms with Crippen molar-refractivity contribution in [2.75, 3.05) is 13.2 Å². The summed E-state index contributed by atoms with van der Waals surface area (Å²) in [7, 11) is 0. The van der Waals surface area contributed by atoms with Gasteiger partial charge in [-0.2, -0.15) is 0 Å². The average molecular weight is 390 g/mol. The number of carbonyl (C=O) groups is 1. The van der Waals surface area contributed by atoms with Crippen LogP contribution in [0.1, 0.15) is 36.5 Å². The van der Waals surface area contributed by atoms with Crippen LogP contribution in [0.5, 0.6) is 5.75 Å². The summed E-state index contributed by atoms with van der Waals surface area (Å²) in [6.07, 6.45) is 4.43. The zero-order valence-corrected chi connectivity index (χ0v) is 16.6. The molecule has 0 unspecified atom stereocenters. The SMILES string of the molecule is CCOC(=O)COc1ccc2c(c1)C[C@H](NCc1ccccc1)CCC2.Cl. The summed E-state index contributed by atoms with van der Waals surface area (Å²) >= 11 is 0. The molecule has 0 spiro atoms. The van der Waals surface area contributed by atoms with Crippen LogP contribution >= 0.6 is 12.4 Å². The molecular weight excluding hydrogens is 362 g/mol. The van der Waals surface area contributed by atoms with Crippen LogP contribution in [0.15, 0.2) is 48.5 Å². The monoisotopic (exact) mass is 389 g/mol. The van der Waals surface area contributed by atoms with Gasteiger partial charge < -0.3 is 14.8 Å². The van der Waals surface area contributed by atoms with Gasteiger partial charge in [-0.15, -0.1) is 12.4 Å². The Balaban J connectivity index is 0.00000261. The van der Waals surface area contributed by atoms with Gasteiger partial charge >= 0.3 is 5.97 Å². The second-order valence-electron chi connectivity index (χ2n) is 6.68. The van der Waals surface area contributed by atoms with E-state index in [9.17, 15) is 4.79 Å². The molecule has 3 rings (SSSR count). The normalized spacial score (nSPS) is 15.8. The number of ether oxygens (including phenoxy) is 2. The number of nitrogens with one attached hydrogen (secondary N) is 1. The molecule has 0 saturated heterocycles. The highest BCUT2D eigenvalue weighted by molar-refractivity contribution is 5.85. The van der Waals surface area contributed by atoms with Crippen molar-refractivity contribution >= 4 is 18.4 Å². The van der Waals surface area contributed by atoms with Gasteiger partial charge in [-0.05, 0) is 61.4 Å². The number of fused-ring (bicyclic) bond motifs is 1. The molecule has 0 saturated carbocycles. The Labute approximate surface area is 167 Å². The lowest BCUT2D eigenvalue weighted by molar-refractivity contribution is -0.145. The second-order valence-corrected chi connectivity index (χ2v) is 6.68. The molecule has 0 fully saturated rings. The molecule has 4 nitrogen and oxygen atoms in total. The highest BCUT2D eigenvalue weighted by atomic mass is 35.5. The van der Waals surface area contributed by atoms with Gasteiger partial charge in [0.2, 0.25) is 0 Å². The Hall–Kier alpha value is -2.04. The summed E-state index contributed by atoms with van der Waals surface area (Å²) in [6, 6.07) is 17.1. The molecule has 1 aliphatic carbocycles. The van der Waals surface area contributed by atoms with E-state index < -0.39 is 0 Å². The van der Waals surface area contributed by atoms with Crippen LogP contribution in [0.2, 0.25) is 0 Å². The average Bonchev–Trinajstić information content (AvgIpc) is 2.87. The van der Waals surface area contributed by atoms with E-state index in [1.165, 1.54) is 29.5 Å². The summed E-state index contributed by atoms with van der Waals surface area (Å²) in [4.78, 5) is 11.5. The van der Waals surface area contributed by atoms with E-state index in [4.69, 9.17) is 9.47 Å². The van der Waals surface area contributed by atoms with E-state index >= 15 is 0 Å². The summed E-state index contributed by atoms with van der Waals surface area (Å²) in [5, 5.41) is 3.69. The molecule has 2 aromatic rings. The first-order chi connectivity index (χ1) is 12.7. The van der Waals surface area contributed by atoms with Crippen molar-refractivity contribution < 1.29 is 14.3 Å². The van der Waals surface area contributed by atoms with Crippen LogP contribution < -0.4 is 10.1 Å². The fourth-order valence-corrected chi connectivity index (χ4v) is 3.41. The van der Waals surface area contributed by atoms with Crippen LogP contribution in [0.4, 0.5) is 0 Å². The highest BCUT2D eigenvalue weighted by Crippen LogP contribution is 2.25. The Bertz CT molecular complexity index is 721. The number of halogens is 1. The van der Waals surface area contributed by atoms with Crippen molar-refractivity contribution in [2.45, 2.75) is 45.2 Å². The number of aryl methyl sites for hydroxylation is 1. The third-order valence-electron chi connectivity index (χ3n) is 4.74. The minimum atomic E-state index is -0.329. The Morgan fingerprint density at radius 3 is 2.74 bits per heavy atom. The predicted molar refractivity (Wildman–Crippen MR) is 110 cm³/mol. The number of rotatable bonds is 7. The molecule has 1 atom stereocenters. The summed E-state index contributed by atoms with van der Waals surface area (Å²) < 4.78 is 10.5. The molecular formula is C22H28ClNO3. The van der Waals surface area contributed by atoms with Crippen molar-refractivity contribution in [2.24, 2.45) is 0 Å².